The molecule has 0 radical (unpaired) electrons. The second-order valence-corrected chi connectivity index (χ2v) is 15.3. The van der Waals surface area contributed by atoms with Gasteiger partial charge in [0.2, 0.25) is 0 Å². The number of anilines is 1. The van der Waals surface area contributed by atoms with Crippen molar-refractivity contribution in [1.82, 2.24) is 19.9 Å². The lowest BCUT2D eigenvalue weighted by Gasteiger charge is -2.47. The maximum Gasteiger partial charge on any atom is 0.319 e. The number of hydrogen-bond donors (Lipinski definition) is 1. The first-order valence-corrected chi connectivity index (χ1v) is 17.5. The molecule has 8 nitrogen and oxygen atoms in total. The van der Waals surface area contributed by atoms with Crippen LogP contribution >= 0.6 is 0 Å². The summed E-state index contributed by atoms with van der Waals surface area (Å²) in [7, 11) is -0.836. The van der Waals surface area contributed by atoms with E-state index in [1.165, 1.54) is 24.4 Å². The number of aromatic nitrogens is 3. The van der Waals surface area contributed by atoms with Gasteiger partial charge in [-0.3, -0.25) is 14.1 Å². The highest BCUT2D eigenvalue weighted by Crippen LogP contribution is 2.44. The smallest absolute Gasteiger partial charge is 0.319 e. The summed E-state index contributed by atoms with van der Waals surface area (Å²) in [6.07, 6.45) is 5.54. The van der Waals surface area contributed by atoms with Gasteiger partial charge in [0.25, 0.3) is 0 Å². The highest BCUT2D eigenvalue weighted by molar-refractivity contribution is 7.87. The van der Waals surface area contributed by atoms with Gasteiger partial charge in [0.15, 0.2) is 5.82 Å². The SMILES string of the molecule is CCc1c(F)ccc2cc(O)cc(-c3ncc4c(N5CCC6(CC5)CCS6=O)nc(OC[C@@]56CCCN5C[C@H](F)C6)nc4c3F)c12. The lowest BCUT2D eigenvalue weighted by atomic mass is 9.92. The Morgan fingerprint density at radius 2 is 1.93 bits per heavy atom. The van der Waals surface area contributed by atoms with Gasteiger partial charge in [-0.05, 0) is 79.6 Å². The van der Waals surface area contributed by atoms with Gasteiger partial charge in [-0.1, -0.05) is 13.0 Å². The number of aromatic hydroxyl groups is 1. The first kappa shape index (κ1) is 29.9. The minimum absolute atomic E-state index is 0.000908. The van der Waals surface area contributed by atoms with Crippen LogP contribution in [0.25, 0.3) is 32.9 Å². The lowest BCUT2D eigenvalue weighted by molar-refractivity contribution is 0.107. The van der Waals surface area contributed by atoms with Crippen LogP contribution in [0.2, 0.25) is 0 Å². The van der Waals surface area contributed by atoms with E-state index in [4.69, 9.17) is 9.72 Å². The number of hydrogen-bond acceptors (Lipinski definition) is 8. The molecule has 0 saturated carbocycles. The average molecular weight is 652 g/mol. The molecule has 2 aromatic carbocycles. The number of ether oxygens (including phenoxy) is 1. The van der Waals surface area contributed by atoms with Crippen molar-refractivity contribution >= 4 is 38.3 Å². The lowest BCUT2D eigenvalue weighted by Crippen LogP contribution is -2.54. The Morgan fingerprint density at radius 1 is 1.11 bits per heavy atom. The van der Waals surface area contributed by atoms with Crippen molar-refractivity contribution in [2.24, 2.45) is 0 Å². The molecule has 8 rings (SSSR count). The zero-order chi connectivity index (χ0) is 31.8. The molecular weight excluding hydrogens is 615 g/mol. The first-order chi connectivity index (χ1) is 22.2. The maximum absolute atomic E-state index is 16.8. The Morgan fingerprint density at radius 3 is 2.67 bits per heavy atom. The minimum atomic E-state index is -0.921. The Kier molecular flexibility index (Phi) is 7.17. The Labute approximate surface area is 267 Å². The van der Waals surface area contributed by atoms with Crippen LogP contribution in [0, 0.1) is 11.6 Å². The number of phenolic OH excluding ortho intramolecular Hbond substituents is 1. The van der Waals surface area contributed by atoms with Crippen LogP contribution in [-0.2, 0) is 17.2 Å². The summed E-state index contributed by atoms with van der Waals surface area (Å²) in [5.41, 5.74) is 0.163. The fourth-order valence-electron chi connectivity index (χ4n) is 8.27. The van der Waals surface area contributed by atoms with Crippen molar-refractivity contribution in [2.75, 3.05) is 43.4 Å². The Balaban J connectivity index is 1.24. The van der Waals surface area contributed by atoms with Gasteiger partial charge in [0, 0.05) is 54.4 Å². The predicted molar refractivity (Wildman–Crippen MR) is 172 cm³/mol. The van der Waals surface area contributed by atoms with Crippen LogP contribution in [0.5, 0.6) is 11.8 Å². The molecule has 0 amide bonds. The van der Waals surface area contributed by atoms with E-state index < -0.39 is 34.1 Å². The molecule has 3 atom stereocenters. The fourth-order valence-corrected chi connectivity index (χ4v) is 9.86. The summed E-state index contributed by atoms with van der Waals surface area (Å²) in [5.74, 6) is -0.0270. The van der Waals surface area contributed by atoms with E-state index in [0.29, 0.717) is 60.0 Å². The number of halogens is 3. The molecule has 2 aromatic heterocycles. The van der Waals surface area contributed by atoms with E-state index in [2.05, 4.69) is 19.8 Å². The molecule has 4 aliphatic rings. The molecule has 242 valence electrons. The summed E-state index contributed by atoms with van der Waals surface area (Å²) < 4.78 is 64.9. The van der Waals surface area contributed by atoms with Crippen molar-refractivity contribution in [3.05, 3.63) is 47.7 Å². The van der Waals surface area contributed by atoms with Gasteiger partial charge in [0.05, 0.1) is 15.7 Å². The number of piperidine rings is 1. The summed E-state index contributed by atoms with van der Waals surface area (Å²) in [4.78, 5) is 18.1. The molecule has 12 heteroatoms. The van der Waals surface area contributed by atoms with E-state index in [-0.39, 0.29) is 39.9 Å². The molecule has 4 aromatic rings. The van der Waals surface area contributed by atoms with Gasteiger partial charge < -0.3 is 14.7 Å². The number of benzene rings is 2. The van der Waals surface area contributed by atoms with Gasteiger partial charge in [-0.25, -0.2) is 13.2 Å². The molecule has 4 saturated heterocycles. The Bertz CT molecular complexity index is 1900. The molecule has 46 heavy (non-hydrogen) atoms. The highest BCUT2D eigenvalue weighted by atomic mass is 32.2. The quantitative estimate of drug-likeness (QED) is 0.278. The van der Waals surface area contributed by atoms with E-state index in [9.17, 15) is 18.1 Å². The zero-order valence-corrected chi connectivity index (χ0v) is 26.5. The summed E-state index contributed by atoms with van der Waals surface area (Å²) >= 11 is 0. The summed E-state index contributed by atoms with van der Waals surface area (Å²) in [5, 5.41) is 12.0. The average Bonchev–Trinajstić information content (AvgIpc) is 3.58. The van der Waals surface area contributed by atoms with Crippen LogP contribution in [-0.4, -0.2) is 84.2 Å². The van der Waals surface area contributed by atoms with E-state index in [0.717, 1.165) is 44.4 Å². The van der Waals surface area contributed by atoms with Crippen molar-refractivity contribution in [3.63, 3.8) is 0 Å². The van der Waals surface area contributed by atoms with Crippen molar-refractivity contribution in [3.8, 4) is 23.0 Å². The number of pyridine rings is 1. The minimum Gasteiger partial charge on any atom is -0.508 e. The third kappa shape index (κ3) is 4.65. The number of phenols is 1. The third-order valence-electron chi connectivity index (χ3n) is 10.8. The van der Waals surface area contributed by atoms with Gasteiger partial charge in [-0.15, -0.1) is 0 Å². The number of nitrogens with zero attached hydrogens (tertiary/aromatic N) is 5. The molecule has 0 bridgehead atoms. The molecule has 1 unspecified atom stereocenters. The van der Waals surface area contributed by atoms with E-state index in [1.54, 1.807) is 6.07 Å². The van der Waals surface area contributed by atoms with Gasteiger partial charge >= 0.3 is 6.01 Å². The standard InChI is InChI=1S/C34H36F3N5O3S/c1-2-23-26(36)5-4-20-14-22(43)15-24(27(20)23)29-28(37)30-25(17-38-29)31(41-11-7-34(8-12-41)9-13-46(34)44)40-32(39-30)45-19-33-6-3-10-42(33)18-21(35)16-33/h4-5,14-15,17,21,43H,2-3,6-13,16,18-19H2,1H3/t21-,33+,46?/m1/s1. The van der Waals surface area contributed by atoms with Crippen LogP contribution in [0.15, 0.2) is 30.5 Å². The highest BCUT2D eigenvalue weighted by Gasteiger charge is 2.50. The summed E-state index contributed by atoms with van der Waals surface area (Å²) in [6.45, 7) is 4.40. The van der Waals surface area contributed by atoms with E-state index >= 15 is 4.39 Å². The largest absolute Gasteiger partial charge is 0.508 e. The topological polar surface area (TPSA) is 91.7 Å². The van der Waals surface area contributed by atoms with Crippen LogP contribution in [0.3, 0.4) is 0 Å². The number of alkyl halides is 1. The monoisotopic (exact) mass is 651 g/mol. The van der Waals surface area contributed by atoms with Crippen LogP contribution < -0.4 is 9.64 Å². The first-order valence-electron chi connectivity index (χ1n) is 16.2. The number of rotatable bonds is 6. The third-order valence-corrected chi connectivity index (χ3v) is 13.0. The molecule has 1 N–H and O–H groups in total. The molecule has 4 aliphatic heterocycles. The second-order valence-electron chi connectivity index (χ2n) is 13.3. The van der Waals surface area contributed by atoms with Gasteiger partial charge in [-0.2, -0.15) is 9.97 Å². The zero-order valence-electron chi connectivity index (χ0n) is 25.7. The molecule has 6 heterocycles. The molecule has 1 spiro atoms. The van der Waals surface area contributed by atoms with Crippen LogP contribution in [0.4, 0.5) is 19.0 Å². The van der Waals surface area contributed by atoms with Crippen molar-refractivity contribution in [2.45, 2.75) is 68.3 Å². The fraction of sp³-hybridized carbons (Fsp3) is 0.500. The molecule has 0 aliphatic carbocycles. The maximum atomic E-state index is 16.8. The number of aryl methyl sites for hydroxylation is 1. The predicted octanol–water partition coefficient (Wildman–Crippen LogP) is 5.84. The molecule has 4 fully saturated rings. The van der Waals surface area contributed by atoms with Crippen molar-refractivity contribution in [1.29, 1.82) is 0 Å². The van der Waals surface area contributed by atoms with Gasteiger partial charge in [0.1, 0.15) is 41.4 Å². The number of fused-ring (bicyclic) bond motifs is 3. The van der Waals surface area contributed by atoms with Crippen LogP contribution in [0.1, 0.15) is 51.0 Å². The molecular formula is C34H36F3N5O3S. The summed E-state index contributed by atoms with van der Waals surface area (Å²) in [6, 6.07) is 5.84. The van der Waals surface area contributed by atoms with Crippen molar-refractivity contribution < 1.29 is 27.2 Å². The normalized spacial score (nSPS) is 25.8. The van der Waals surface area contributed by atoms with E-state index in [1.807, 2.05) is 6.92 Å². The Hall–Kier alpha value is -3.51. The second kappa shape index (κ2) is 11.0.